The summed E-state index contributed by atoms with van der Waals surface area (Å²) < 4.78 is 0. The smallest absolute Gasteiger partial charge is 0.191 e. The Bertz CT molecular complexity index is 1050. The second-order valence-electron chi connectivity index (χ2n) is 7.68. The third-order valence-corrected chi connectivity index (χ3v) is 6.39. The lowest BCUT2D eigenvalue weighted by atomic mass is 9.98. The highest BCUT2D eigenvalue weighted by atomic mass is 35.5. The van der Waals surface area contributed by atoms with E-state index in [1.54, 1.807) is 6.07 Å². The molecule has 1 aliphatic heterocycles. The molecule has 6 heteroatoms. The van der Waals surface area contributed by atoms with E-state index >= 15 is 0 Å². The van der Waals surface area contributed by atoms with E-state index < -0.39 is 0 Å². The van der Waals surface area contributed by atoms with Crippen LogP contribution in [0.25, 0.3) is 10.9 Å². The van der Waals surface area contributed by atoms with Gasteiger partial charge in [0, 0.05) is 30.6 Å². The van der Waals surface area contributed by atoms with Gasteiger partial charge in [0.15, 0.2) is 5.43 Å². The Kier molecular flexibility index (Phi) is 6.43. The van der Waals surface area contributed by atoms with Gasteiger partial charge >= 0.3 is 0 Å². The third-order valence-electron chi connectivity index (χ3n) is 5.65. The summed E-state index contributed by atoms with van der Waals surface area (Å²) >= 11 is 12.2. The first-order valence-corrected chi connectivity index (χ1v) is 10.9. The molecule has 1 aromatic heterocycles. The highest BCUT2D eigenvalue weighted by molar-refractivity contribution is 6.42. The van der Waals surface area contributed by atoms with Crippen molar-refractivity contribution in [1.29, 1.82) is 0 Å². The number of likely N-dealkylation sites (tertiary alicyclic amines) is 1. The van der Waals surface area contributed by atoms with Gasteiger partial charge < -0.3 is 10.3 Å². The van der Waals surface area contributed by atoms with Crippen molar-refractivity contribution in [2.45, 2.75) is 38.3 Å². The van der Waals surface area contributed by atoms with Crippen molar-refractivity contribution in [2.24, 2.45) is 0 Å². The summed E-state index contributed by atoms with van der Waals surface area (Å²) in [7, 11) is 0. The molecule has 2 aromatic carbocycles. The van der Waals surface area contributed by atoms with Crippen LogP contribution in [0.5, 0.6) is 0 Å². The van der Waals surface area contributed by atoms with Gasteiger partial charge in [0.05, 0.1) is 15.6 Å². The largest absolute Gasteiger partial charge is 0.371 e. The topological polar surface area (TPSA) is 48.1 Å². The van der Waals surface area contributed by atoms with Crippen LogP contribution in [0.15, 0.2) is 53.3 Å². The van der Waals surface area contributed by atoms with Crippen LogP contribution in [0.4, 0.5) is 5.82 Å². The fourth-order valence-electron chi connectivity index (χ4n) is 4.13. The lowest BCUT2D eigenvalue weighted by Gasteiger charge is -2.36. The van der Waals surface area contributed by atoms with Gasteiger partial charge in [-0.15, -0.1) is 0 Å². The van der Waals surface area contributed by atoms with E-state index in [2.05, 4.69) is 21.3 Å². The zero-order valence-electron chi connectivity index (χ0n) is 16.3. The number of pyridine rings is 1. The lowest BCUT2D eigenvalue weighted by Crippen LogP contribution is -2.40. The van der Waals surface area contributed by atoms with Crippen molar-refractivity contribution in [2.75, 3.05) is 18.4 Å². The summed E-state index contributed by atoms with van der Waals surface area (Å²) in [6.45, 7) is 2.79. The zero-order valence-corrected chi connectivity index (χ0v) is 17.8. The molecule has 1 saturated heterocycles. The maximum atomic E-state index is 12.3. The van der Waals surface area contributed by atoms with Gasteiger partial charge in [0.2, 0.25) is 0 Å². The van der Waals surface area contributed by atoms with Crippen LogP contribution in [-0.4, -0.2) is 29.0 Å². The molecule has 3 aromatic rings. The number of anilines is 1. The van der Waals surface area contributed by atoms with Gasteiger partial charge in [0.25, 0.3) is 0 Å². The Morgan fingerprint density at radius 3 is 2.79 bits per heavy atom. The molecule has 0 amide bonds. The first-order chi connectivity index (χ1) is 14.1. The Hall–Kier alpha value is -2.01. The van der Waals surface area contributed by atoms with Crippen LogP contribution >= 0.6 is 23.2 Å². The fourth-order valence-corrected chi connectivity index (χ4v) is 4.45. The first-order valence-electron chi connectivity index (χ1n) is 10.1. The van der Waals surface area contributed by atoms with Crippen LogP contribution in [0.3, 0.4) is 0 Å². The molecule has 1 unspecified atom stereocenters. The molecule has 1 fully saturated rings. The molecule has 1 atom stereocenters. The Labute approximate surface area is 180 Å². The summed E-state index contributed by atoms with van der Waals surface area (Å²) in [6, 6.07) is 15.7. The van der Waals surface area contributed by atoms with Crippen LogP contribution in [0, 0.1) is 0 Å². The molecule has 4 nitrogen and oxygen atoms in total. The number of nitrogens with zero attached hydrogens (tertiary/aromatic N) is 1. The number of rotatable bonds is 6. The monoisotopic (exact) mass is 429 g/mol. The van der Waals surface area contributed by atoms with Crippen LogP contribution in [0.2, 0.25) is 10.0 Å². The molecule has 0 saturated carbocycles. The van der Waals surface area contributed by atoms with E-state index in [0.29, 0.717) is 16.1 Å². The molecule has 2 heterocycles. The number of fused-ring (bicyclic) bond motifs is 1. The lowest BCUT2D eigenvalue weighted by molar-refractivity contribution is 0.135. The summed E-state index contributed by atoms with van der Waals surface area (Å²) in [5.41, 5.74) is 2.10. The van der Waals surface area contributed by atoms with Crippen LogP contribution in [-0.2, 0) is 6.54 Å². The highest BCUT2D eigenvalue weighted by Crippen LogP contribution is 2.26. The van der Waals surface area contributed by atoms with Crippen molar-refractivity contribution in [1.82, 2.24) is 9.88 Å². The molecule has 0 aliphatic carbocycles. The van der Waals surface area contributed by atoms with E-state index in [1.807, 2.05) is 36.4 Å². The second kappa shape index (κ2) is 9.21. The number of aromatic amines is 1. The number of hydrogen-bond acceptors (Lipinski definition) is 3. The first kappa shape index (κ1) is 20.3. The van der Waals surface area contributed by atoms with Gasteiger partial charge in [-0.2, -0.15) is 0 Å². The summed E-state index contributed by atoms with van der Waals surface area (Å²) in [5, 5.41) is 5.33. The molecule has 152 valence electrons. The number of hydrogen-bond donors (Lipinski definition) is 2. The predicted octanol–water partition coefficient (Wildman–Crippen LogP) is 5.69. The summed E-state index contributed by atoms with van der Waals surface area (Å²) in [4.78, 5) is 18.1. The van der Waals surface area contributed by atoms with E-state index in [9.17, 15) is 4.79 Å². The van der Waals surface area contributed by atoms with Gasteiger partial charge in [-0.25, -0.2) is 0 Å². The average Bonchev–Trinajstić information content (AvgIpc) is 2.72. The van der Waals surface area contributed by atoms with Crippen molar-refractivity contribution in [3.8, 4) is 0 Å². The van der Waals surface area contributed by atoms with E-state index in [0.717, 1.165) is 42.8 Å². The standard InChI is InChI=1S/C23H25Cl2N3O/c24-19-9-8-16(13-20(19)25)15-28-12-4-3-5-17(28)10-11-26-23-14-22(29)18-6-1-2-7-21(18)27-23/h1-2,6-9,13-14,17H,3-5,10-12,15H2,(H2,26,27,29). The number of nitrogens with one attached hydrogen (secondary N) is 2. The van der Waals surface area contributed by atoms with Gasteiger partial charge in [-0.1, -0.05) is 47.8 Å². The molecule has 2 N–H and O–H groups in total. The SMILES string of the molecule is O=c1cc(NCCC2CCCCN2Cc2ccc(Cl)c(Cl)c2)[nH]c2ccccc12. The Morgan fingerprint density at radius 2 is 1.93 bits per heavy atom. The van der Waals surface area contributed by atoms with Gasteiger partial charge in [-0.3, -0.25) is 9.69 Å². The highest BCUT2D eigenvalue weighted by Gasteiger charge is 2.22. The molecule has 1 aliphatic rings. The van der Waals surface area contributed by atoms with Gasteiger partial charge in [-0.05, 0) is 55.6 Å². The minimum absolute atomic E-state index is 0.0424. The molecule has 29 heavy (non-hydrogen) atoms. The molecule has 4 rings (SSSR count). The normalized spacial score (nSPS) is 17.5. The number of para-hydroxylation sites is 1. The second-order valence-corrected chi connectivity index (χ2v) is 8.49. The average molecular weight is 430 g/mol. The van der Waals surface area contributed by atoms with E-state index in [-0.39, 0.29) is 5.43 Å². The number of benzene rings is 2. The van der Waals surface area contributed by atoms with Gasteiger partial charge in [0.1, 0.15) is 5.82 Å². The molecular weight excluding hydrogens is 405 g/mol. The number of H-pyrrole nitrogens is 1. The maximum Gasteiger partial charge on any atom is 0.191 e. The quantitative estimate of drug-likeness (QED) is 0.528. The molecule has 0 spiro atoms. The van der Waals surface area contributed by atoms with E-state index in [4.69, 9.17) is 23.2 Å². The molecule has 0 radical (unpaired) electrons. The predicted molar refractivity (Wildman–Crippen MR) is 122 cm³/mol. The van der Waals surface area contributed by atoms with Crippen molar-refractivity contribution >= 4 is 39.9 Å². The maximum absolute atomic E-state index is 12.3. The minimum Gasteiger partial charge on any atom is -0.371 e. The summed E-state index contributed by atoms with van der Waals surface area (Å²) in [5.74, 6) is 0.778. The van der Waals surface area contributed by atoms with E-state index in [1.165, 1.54) is 24.8 Å². The number of halogens is 2. The summed E-state index contributed by atoms with van der Waals surface area (Å²) in [6.07, 6.45) is 4.70. The Balaban J connectivity index is 1.38. The van der Waals surface area contributed by atoms with Crippen molar-refractivity contribution in [3.63, 3.8) is 0 Å². The van der Waals surface area contributed by atoms with Crippen LogP contribution in [0.1, 0.15) is 31.2 Å². The molecule has 0 bridgehead atoms. The molecular formula is C23H25Cl2N3O. The van der Waals surface area contributed by atoms with Crippen molar-refractivity contribution < 1.29 is 0 Å². The number of piperidine rings is 1. The van der Waals surface area contributed by atoms with Crippen LogP contribution < -0.4 is 10.7 Å². The van der Waals surface area contributed by atoms with Crippen molar-refractivity contribution in [3.05, 3.63) is 74.4 Å². The Morgan fingerprint density at radius 1 is 1.07 bits per heavy atom. The fraction of sp³-hybridized carbons (Fsp3) is 0.348. The third kappa shape index (κ3) is 4.95. The number of aromatic nitrogens is 1. The zero-order chi connectivity index (χ0) is 20.2. The minimum atomic E-state index is 0.0424.